The molecule has 0 heterocycles. The number of benzene rings is 2. The van der Waals surface area contributed by atoms with Crippen LogP contribution < -0.4 is 10.2 Å². The smallest absolute Gasteiger partial charge is 0.354 e. The molecule has 0 saturated carbocycles. The zero-order chi connectivity index (χ0) is 19.6. The first-order valence-electron chi connectivity index (χ1n) is 9.04. The van der Waals surface area contributed by atoms with E-state index in [4.69, 9.17) is 4.74 Å². The Hall–Kier alpha value is -3.08. The van der Waals surface area contributed by atoms with E-state index in [2.05, 4.69) is 5.32 Å². The lowest BCUT2D eigenvalue weighted by Crippen LogP contribution is -2.28. The number of nitrogens with one attached hydrogen (secondary N) is 1. The molecule has 5 heteroatoms. The highest BCUT2D eigenvalue weighted by molar-refractivity contribution is 6.03. The number of hydrogen-bond donors (Lipinski definition) is 1. The molecule has 27 heavy (non-hydrogen) atoms. The number of carbonyl (C=O) groups is 2. The highest BCUT2D eigenvalue weighted by Crippen LogP contribution is 2.15. The molecule has 1 amide bonds. The number of unbranched alkanes of at least 4 members (excludes halogenated alkanes) is 1. The summed E-state index contributed by atoms with van der Waals surface area (Å²) in [6, 6.07) is 16.5. The fraction of sp³-hybridized carbons (Fsp3) is 0.273. The molecule has 0 radical (unpaired) electrons. The molecule has 5 nitrogen and oxygen atoms in total. The van der Waals surface area contributed by atoms with Crippen LogP contribution in [0, 0.1) is 0 Å². The standard InChI is InChI=1S/C22H26N2O3/c1-4-5-15-27-22(26)20(23-21(25)18-9-7-6-8-10-18)16-17-11-13-19(14-12-17)24(2)3/h6-14,16H,4-5,15H2,1-3H3,(H,23,25). The Labute approximate surface area is 160 Å². The fourth-order valence-electron chi connectivity index (χ4n) is 2.35. The maximum Gasteiger partial charge on any atom is 0.354 e. The van der Waals surface area contributed by atoms with Crippen LogP contribution in [0.15, 0.2) is 60.3 Å². The summed E-state index contributed by atoms with van der Waals surface area (Å²) in [6.45, 7) is 2.35. The monoisotopic (exact) mass is 366 g/mol. The van der Waals surface area contributed by atoms with Crippen molar-refractivity contribution < 1.29 is 14.3 Å². The van der Waals surface area contributed by atoms with Gasteiger partial charge in [0.05, 0.1) is 6.61 Å². The summed E-state index contributed by atoms with van der Waals surface area (Å²) in [5.74, 6) is -0.886. The van der Waals surface area contributed by atoms with Crippen LogP contribution in [0.5, 0.6) is 0 Å². The predicted molar refractivity (Wildman–Crippen MR) is 109 cm³/mol. The maximum absolute atomic E-state index is 12.5. The first kappa shape index (κ1) is 20.2. The number of nitrogens with zero attached hydrogens (tertiary/aromatic N) is 1. The molecule has 142 valence electrons. The Morgan fingerprint density at radius 3 is 2.30 bits per heavy atom. The summed E-state index contributed by atoms with van der Waals surface area (Å²) in [4.78, 5) is 26.9. The van der Waals surface area contributed by atoms with Crippen molar-refractivity contribution in [2.75, 3.05) is 25.6 Å². The first-order chi connectivity index (χ1) is 13.0. The SMILES string of the molecule is CCCCOC(=O)C(=Cc1ccc(N(C)C)cc1)NC(=O)c1ccccc1. The number of anilines is 1. The van der Waals surface area contributed by atoms with Gasteiger partial charge in [0.15, 0.2) is 0 Å². The third kappa shape index (κ3) is 6.29. The summed E-state index contributed by atoms with van der Waals surface area (Å²) in [6.07, 6.45) is 3.34. The molecule has 0 spiro atoms. The lowest BCUT2D eigenvalue weighted by molar-refractivity contribution is -0.139. The second-order valence-electron chi connectivity index (χ2n) is 6.35. The predicted octanol–water partition coefficient (Wildman–Crippen LogP) is 3.87. The second kappa shape index (κ2) is 10.2. The third-order valence-electron chi connectivity index (χ3n) is 3.96. The van der Waals surface area contributed by atoms with Gasteiger partial charge in [0.2, 0.25) is 0 Å². The highest BCUT2D eigenvalue weighted by Gasteiger charge is 2.16. The van der Waals surface area contributed by atoms with E-state index in [1.165, 1.54) is 0 Å². The lowest BCUT2D eigenvalue weighted by atomic mass is 10.1. The van der Waals surface area contributed by atoms with Crippen LogP contribution in [0.3, 0.4) is 0 Å². The van der Waals surface area contributed by atoms with E-state index in [0.717, 1.165) is 24.1 Å². The van der Waals surface area contributed by atoms with Crippen molar-refractivity contribution in [2.45, 2.75) is 19.8 Å². The average Bonchev–Trinajstić information content (AvgIpc) is 2.68. The Morgan fingerprint density at radius 2 is 1.70 bits per heavy atom. The average molecular weight is 366 g/mol. The van der Waals surface area contributed by atoms with E-state index in [1.54, 1.807) is 30.3 Å². The van der Waals surface area contributed by atoms with Gasteiger partial charge in [-0.3, -0.25) is 4.79 Å². The van der Waals surface area contributed by atoms with E-state index in [0.29, 0.717) is 12.2 Å². The summed E-state index contributed by atoms with van der Waals surface area (Å²) in [5.41, 5.74) is 2.45. The Balaban J connectivity index is 2.22. The zero-order valence-corrected chi connectivity index (χ0v) is 16.1. The Bertz CT molecular complexity index is 781. The van der Waals surface area contributed by atoms with Crippen LogP contribution in [0.25, 0.3) is 6.08 Å². The second-order valence-corrected chi connectivity index (χ2v) is 6.35. The third-order valence-corrected chi connectivity index (χ3v) is 3.96. The number of hydrogen-bond acceptors (Lipinski definition) is 4. The van der Waals surface area contributed by atoms with Gasteiger partial charge in [-0.05, 0) is 42.3 Å². The van der Waals surface area contributed by atoms with E-state index in [1.807, 2.05) is 56.3 Å². The van der Waals surface area contributed by atoms with Crippen molar-refractivity contribution in [3.05, 3.63) is 71.4 Å². The van der Waals surface area contributed by atoms with Gasteiger partial charge in [0.25, 0.3) is 5.91 Å². The molecule has 2 rings (SSSR count). The molecule has 0 fully saturated rings. The van der Waals surface area contributed by atoms with Gasteiger partial charge in [0.1, 0.15) is 5.70 Å². The molecule has 1 N–H and O–H groups in total. The van der Waals surface area contributed by atoms with Crippen LogP contribution in [-0.2, 0) is 9.53 Å². The van der Waals surface area contributed by atoms with Gasteiger partial charge in [-0.1, -0.05) is 43.7 Å². The molecule has 0 atom stereocenters. The number of rotatable bonds is 8. The number of ether oxygens (including phenoxy) is 1. The van der Waals surface area contributed by atoms with Crippen molar-refractivity contribution in [1.82, 2.24) is 5.32 Å². The molecule has 0 unspecified atom stereocenters. The van der Waals surface area contributed by atoms with Gasteiger partial charge < -0.3 is 15.0 Å². The van der Waals surface area contributed by atoms with Gasteiger partial charge in [-0.25, -0.2) is 4.79 Å². The van der Waals surface area contributed by atoms with Gasteiger partial charge in [0, 0.05) is 25.3 Å². The Morgan fingerprint density at radius 1 is 1.04 bits per heavy atom. The van der Waals surface area contributed by atoms with Crippen molar-refractivity contribution in [2.24, 2.45) is 0 Å². The molecule has 0 bridgehead atoms. The van der Waals surface area contributed by atoms with Crippen molar-refractivity contribution in [3.8, 4) is 0 Å². The van der Waals surface area contributed by atoms with E-state index in [-0.39, 0.29) is 11.6 Å². The maximum atomic E-state index is 12.5. The summed E-state index contributed by atoms with van der Waals surface area (Å²) in [7, 11) is 3.92. The minimum absolute atomic E-state index is 0.123. The molecular weight excluding hydrogens is 340 g/mol. The molecule has 0 aliphatic heterocycles. The largest absolute Gasteiger partial charge is 0.461 e. The minimum atomic E-state index is -0.538. The summed E-state index contributed by atoms with van der Waals surface area (Å²) < 4.78 is 5.29. The van der Waals surface area contributed by atoms with E-state index < -0.39 is 5.97 Å². The van der Waals surface area contributed by atoms with Crippen molar-refractivity contribution in [3.63, 3.8) is 0 Å². The van der Waals surface area contributed by atoms with Crippen molar-refractivity contribution >= 4 is 23.6 Å². The van der Waals surface area contributed by atoms with Crippen LogP contribution >= 0.6 is 0 Å². The molecule has 0 aliphatic rings. The Kier molecular flexibility index (Phi) is 7.62. The van der Waals surface area contributed by atoms with Crippen molar-refractivity contribution in [1.29, 1.82) is 0 Å². The topological polar surface area (TPSA) is 58.6 Å². The molecule has 0 aliphatic carbocycles. The highest BCUT2D eigenvalue weighted by atomic mass is 16.5. The number of carbonyl (C=O) groups excluding carboxylic acids is 2. The lowest BCUT2D eigenvalue weighted by Gasteiger charge is -2.13. The van der Waals surface area contributed by atoms with Crippen LogP contribution in [0.1, 0.15) is 35.7 Å². The van der Waals surface area contributed by atoms with Gasteiger partial charge >= 0.3 is 5.97 Å². The van der Waals surface area contributed by atoms with Crippen LogP contribution in [0.4, 0.5) is 5.69 Å². The molecule has 0 saturated heterocycles. The molecule has 2 aromatic carbocycles. The molecular formula is C22H26N2O3. The molecule has 0 aromatic heterocycles. The fourth-order valence-corrected chi connectivity index (χ4v) is 2.35. The van der Waals surface area contributed by atoms with Crippen LogP contribution in [-0.4, -0.2) is 32.6 Å². The van der Waals surface area contributed by atoms with Crippen LogP contribution in [0.2, 0.25) is 0 Å². The first-order valence-corrected chi connectivity index (χ1v) is 9.04. The minimum Gasteiger partial charge on any atom is -0.461 e. The zero-order valence-electron chi connectivity index (χ0n) is 16.1. The number of amides is 1. The summed E-state index contributed by atoms with van der Waals surface area (Å²) in [5, 5.41) is 2.68. The quantitative estimate of drug-likeness (QED) is 0.438. The van der Waals surface area contributed by atoms with Gasteiger partial charge in [-0.15, -0.1) is 0 Å². The normalized spacial score (nSPS) is 11.0. The van der Waals surface area contributed by atoms with E-state index in [9.17, 15) is 9.59 Å². The van der Waals surface area contributed by atoms with Gasteiger partial charge in [-0.2, -0.15) is 0 Å². The molecule has 2 aromatic rings. The summed E-state index contributed by atoms with van der Waals surface area (Å²) >= 11 is 0. The van der Waals surface area contributed by atoms with E-state index >= 15 is 0 Å². The number of esters is 1.